The lowest BCUT2D eigenvalue weighted by Gasteiger charge is -2.12. The Morgan fingerprint density at radius 2 is 0.846 bits per heavy atom. The zero-order valence-corrected chi connectivity index (χ0v) is 18.5. The normalized spacial score (nSPS) is 12.6. The molecule has 0 fully saturated rings. The van der Waals surface area contributed by atoms with Crippen LogP contribution in [0.2, 0.25) is 0 Å². The third kappa shape index (κ3) is 22.0. The maximum absolute atomic E-state index is 5.95. The number of rotatable bonds is 22. The van der Waals surface area contributed by atoms with E-state index in [4.69, 9.17) is 5.73 Å². The van der Waals surface area contributed by atoms with Gasteiger partial charge in [-0.2, -0.15) is 0 Å². The highest BCUT2D eigenvalue weighted by Gasteiger charge is 1.98. The van der Waals surface area contributed by atoms with Gasteiger partial charge in [-0.25, -0.2) is 0 Å². The van der Waals surface area contributed by atoms with Gasteiger partial charge in [-0.05, 0) is 19.4 Å². The molecule has 0 aromatic rings. The zero-order valence-electron chi connectivity index (χ0n) is 18.5. The summed E-state index contributed by atoms with van der Waals surface area (Å²) in [6.07, 6.45) is 28.4. The molecule has 1 atom stereocenters. The fourth-order valence-electron chi connectivity index (χ4n) is 3.73. The number of hydrogen-bond donors (Lipinski definition) is 2. The number of hydrogen-bond acceptors (Lipinski definition) is 2. The second-order valence-electron chi connectivity index (χ2n) is 8.36. The largest absolute Gasteiger partial charge is 0.316 e. The molecule has 0 heterocycles. The Bertz CT molecular complexity index is 242. The molecule has 2 nitrogen and oxygen atoms in total. The summed E-state index contributed by atoms with van der Waals surface area (Å²) in [5.74, 6) is 0. The fraction of sp³-hybridized carbons (Fsp3) is 1.00. The first-order chi connectivity index (χ1) is 12.8. The molecule has 0 bridgehead atoms. The van der Waals surface area contributed by atoms with Crippen molar-refractivity contribution < 1.29 is 0 Å². The smallest absolute Gasteiger partial charge is 0.0546 e. The number of nitrogens with two attached hydrogens (primary N) is 1. The lowest BCUT2D eigenvalue weighted by molar-refractivity contribution is 0.470. The monoisotopic (exact) mass is 368 g/mol. The van der Waals surface area contributed by atoms with Crippen LogP contribution in [0, 0.1) is 0 Å². The molecule has 26 heavy (non-hydrogen) atoms. The molecule has 0 aromatic heterocycles. The van der Waals surface area contributed by atoms with Crippen LogP contribution in [0.3, 0.4) is 0 Å². The standard InChI is InChI=1S/C24H52N2/c1-3-5-6-7-8-9-10-11-12-13-14-15-16-17-18-19-20-21-23-26-24(25)22-4-2/h24,26H,3-23,25H2,1-2H3. The van der Waals surface area contributed by atoms with Crippen LogP contribution < -0.4 is 11.1 Å². The van der Waals surface area contributed by atoms with Gasteiger partial charge in [0.1, 0.15) is 0 Å². The molecule has 0 saturated heterocycles. The Kier molecular flexibility index (Phi) is 22.9. The van der Waals surface area contributed by atoms with Gasteiger partial charge in [0, 0.05) is 0 Å². The highest BCUT2D eigenvalue weighted by molar-refractivity contribution is 4.58. The second kappa shape index (κ2) is 23.0. The van der Waals surface area contributed by atoms with Crippen LogP contribution in [0.25, 0.3) is 0 Å². The lowest BCUT2D eigenvalue weighted by Crippen LogP contribution is -2.37. The Labute approximate surface area is 166 Å². The van der Waals surface area contributed by atoms with Gasteiger partial charge in [-0.1, -0.05) is 129 Å². The molecule has 0 spiro atoms. The van der Waals surface area contributed by atoms with Crippen molar-refractivity contribution in [2.75, 3.05) is 6.54 Å². The summed E-state index contributed by atoms with van der Waals surface area (Å²) in [6, 6.07) is 0. The molecule has 3 N–H and O–H groups in total. The SMILES string of the molecule is CCCCCCCCCCCCCCCCCCCCNC(N)CCC. The molecule has 0 amide bonds. The minimum absolute atomic E-state index is 0.214. The van der Waals surface area contributed by atoms with E-state index in [0.29, 0.717) is 0 Å². The van der Waals surface area contributed by atoms with Crippen LogP contribution in [0.15, 0.2) is 0 Å². The van der Waals surface area contributed by atoms with E-state index in [0.717, 1.165) is 13.0 Å². The fourth-order valence-corrected chi connectivity index (χ4v) is 3.73. The molecule has 2 heteroatoms. The molecule has 0 aliphatic heterocycles. The Balaban J connectivity index is 3.01. The molecule has 0 saturated carbocycles. The van der Waals surface area contributed by atoms with E-state index in [1.165, 1.54) is 122 Å². The van der Waals surface area contributed by atoms with E-state index in [9.17, 15) is 0 Å². The van der Waals surface area contributed by atoms with Crippen LogP contribution >= 0.6 is 0 Å². The molecule has 0 aliphatic carbocycles. The van der Waals surface area contributed by atoms with Gasteiger partial charge in [0.05, 0.1) is 6.17 Å². The van der Waals surface area contributed by atoms with Gasteiger partial charge in [-0.3, -0.25) is 0 Å². The van der Waals surface area contributed by atoms with Crippen molar-refractivity contribution in [1.29, 1.82) is 0 Å². The van der Waals surface area contributed by atoms with E-state index in [-0.39, 0.29) is 6.17 Å². The van der Waals surface area contributed by atoms with Gasteiger partial charge >= 0.3 is 0 Å². The number of unbranched alkanes of at least 4 members (excludes halogenated alkanes) is 17. The molecule has 0 aromatic carbocycles. The van der Waals surface area contributed by atoms with Crippen LogP contribution in [0.5, 0.6) is 0 Å². The molecule has 0 rings (SSSR count). The molecular weight excluding hydrogens is 316 g/mol. The third-order valence-corrected chi connectivity index (χ3v) is 5.54. The molecule has 1 unspecified atom stereocenters. The van der Waals surface area contributed by atoms with Crippen LogP contribution in [-0.2, 0) is 0 Å². The Morgan fingerprint density at radius 1 is 0.500 bits per heavy atom. The maximum atomic E-state index is 5.95. The lowest BCUT2D eigenvalue weighted by atomic mass is 10.0. The third-order valence-electron chi connectivity index (χ3n) is 5.54. The summed E-state index contributed by atoms with van der Waals surface area (Å²) in [7, 11) is 0. The maximum Gasteiger partial charge on any atom is 0.0546 e. The van der Waals surface area contributed by atoms with E-state index in [2.05, 4.69) is 19.2 Å². The van der Waals surface area contributed by atoms with Gasteiger partial charge in [0.2, 0.25) is 0 Å². The van der Waals surface area contributed by atoms with Crippen LogP contribution in [-0.4, -0.2) is 12.7 Å². The van der Waals surface area contributed by atoms with Crippen molar-refractivity contribution in [3.8, 4) is 0 Å². The molecule has 0 radical (unpaired) electrons. The first-order valence-corrected chi connectivity index (χ1v) is 12.3. The van der Waals surface area contributed by atoms with Gasteiger partial charge in [0.25, 0.3) is 0 Å². The zero-order chi connectivity index (χ0) is 19.1. The molecular formula is C24H52N2. The van der Waals surface area contributed by atoms with E-state index in [1.807, 2.05) is 0 Å². The minimum atomic E-state index is 0.214. The summed E-state index contributed by atoms with van der Waals surface area (Å²) in [5.41, 5.74) is 5.95. The van der Waals surface area contributed by atoms with Crippen molar-refractivity contribution in [2.45, 2.75) is 148 Å². The highest BCUT2D eigenvalue weighted by Crippen LogP contribution is 2.14. The first-order valence-electron chi connectivity index (χ1n) is 12.3. The van der Waals surface area contributed by atoms with E-state index >= 15 is 0 Å². The predicted octanol–water partition coefficient (Wildman–Crippen LogP) is 7.70. The van der Waals surface area contributed by atoms with Crippen molar-refractivity contribution in [3.63, 3.8) is 0 Å². The van der Waals surface area contributed by atoms with Crippen molar-refractivity contribution in [2.24, 2.45) is 5.73 Å². The van der Waals surface area contributed by atoms with Gasteiger partial charge < -0.3 is 11.1 Å². The summed E-state index contributed by atoms with van der Waals surface area (Å²) in [5, 5.41) is 3.42. The number of nitrogens with one attached hydrogen (secondary N) is 1. The van der Waals surface area contributed by atoms with E-state index < -0.39 is 0 Å². The van der Waals surface area contributed by atoms with Crippen LogP contribution in [0.4, 0.5) is 0 Å². The topological polar surface area (TPSA) is 38.0 Å². The van der Waals surface area contributed by atoms with Crippen molar-refractivity contribution in [1.82, 2.24) is 5.32 Å². The summed E-state index contributed by atoms with van der Waals surface area (Å²) in [6.45, 7) is 5.59. The molecule has 0 aliphatic rings. The summed E-state index contributed by atoms with van der Waals surface area (Å²) < 4.78 is 0. The quantitative estimate of drug-likeness (QED) is 0.152. The average Bonchev–Trinajstić information content (AvgIpc) is 2.64. The molecule has 158 valence electrons. The van der Waals surface area contributed by atoms with Gasteiger partial charge in [-0.15, -0.1) is 0 Å². The summed E-state index contributed by atoms with van der Waals surface area (Å²) in [4.78, 5) is 0. The summed E-state index contributed by atoms with van der Waals surface area (Å²) >= 11 is 0. The van der Waals surface area contributed by atoms with Gasteiger partial charge in [0.15, 0.2) is 0 Å². The van der Waals surface area contributed by atoms with Crippen molar-refractivity contribution in [3.05, 3.63) is 0 Å². The second-order valence-corrected chi connectivity index (χ2v) is 8.36. The van der Waals surface area contributed by atoms with E-state index in [1.54, 1.807) is 0 Å². The first kappa shape index (κ1) is 25.9. The highest BCUT2D eigenvalue weighted by atomic mass is 15.0. The Morgan fingerprint density at radius 3 is 1.19 bits per heavy atom. The average molecular weight is 369 g/mol. The van der Waals surface area contributed by atoms with Crippen LogP contribution in [0.1, 0.15) is 142 Å². The Hall–Kier alpha value is -0.0800. The minimum Gasteiger partial charge on any atom is -0.316 e. The predicted molar refractivity (Wildman–Crippen MR) is 120 cm³/mol. The van der Waals surface area contributed by atoms with Crippen molar-refractivity contribution >= 4 is 0 Å².